The Kier molecular flexibility index (Phi) is 10.3. The summed E-state index contributed by atoms with van der Waals surface area (Å²) in [5.74, 6) is 0.580. The summed E-state index contributed by atoms with van der Waals surface area (Å²) in [5, 5.41) is 23.6. The van der Waals surface area contributed by atoms with E-state index in [0.29, 0.717) is 5.92 Å². The largest absolute Gasteiger partial charge is 2.00 e. The zero-order chi connectivity index (χ0) is 13.4. The van der Waals surface area contributed by atoms with E-state index in [9.17, 15) is 10.2 Å². The van der Waals surface area contributed by atoms with Crippen molar-refractivity contribution in [2.24, 2.45) is 11.8 Å². The molecule has 0 heterocycles. The SMILES string of the molecule is CC(C)(C)NC(O)(CO)C1CCC2CC=CC=C21.[Cl-].[Cl-].[Ti+2]. The van der Waals surface area contributed by atoms with Gasteiger partial charge in [-0.05, 0) is 46.0 Å². The van der Waals surface area contributed by atoms with Gasteiger partial charge < -0.3 is 35.0 Å². The van der Waals surface area contributed by atoms with Gasteiger partial charge in [0.25, 0.3) is 0 Å². The molecule has 21 heavy (non-hydrogen) atoms. The molecule has 6 heteroatoms. The minimum Gasteiger partial charge on any atom is -1.00 e. The minimum atomic E-state index is -1.20. The molecule has 3 N–H and O–H groups in total. The van der Waals surface area contributed by atoms with Crippen LogP contribution in [0.4, 0.5) is 0 Å². The maximum atomic E-state index is 10.8. The second kappa shape index (κ2) is 9.07. The maximum Gasteiger partial charge on any atom is 2.00 e. The van der Waals surface area contributed by atoms with E-state index in [1.807, 2.05) is 20.8 Å². The van der Waals surface area contributed by atoms with Gasteiger partial charge in [0.15, 0.2) is 0 Å². The number of hydrogen-bond acceptors (Lipinski definition) is 3. The molecule has 1 fully saturated rings. The number of nitrogens with one attached hydrogen (secondary N) is 1. The van der Waals surface area contributed by atoms with Crippen molar-refractivity contribution in [1.29, 1.82) is 0 Å². The van der Waals surface area contributed by atoms with Crippen molar-refractivity contribution in [2.45, 2.75) is 51.3 Å². The van der Waals surface area contributed by atoms with E-state index in [1.165, 1.54) is 5.57 Å². The molecule has 3 atom stereocenters. The Morgan fingerprint density at radius 1 is 1.24 bits per heavy atom. The van der Waals surface area contributed by atoms with Crippen LogP contribution < -0.4 is 30.1 Å². The number of fused-ring (bicyclic) bond motifs is 1. The zero-order valence-electron chi connectivity index (χ0n) is 12.9. The molecule has 0 aromatic heterocycles. The van der Waals surface area contributed by atoms with Gasteiger partial charge in [-0.2, -0.15) is 0 Å². The van der Waals surface area contributed by atoms with Gasteiger partial charge in [0.05, 0.1) is 6.61 Å². The van der Waals surface area contributed by atoms with Gasteiger partial charge in [-0.1, -0.05) is 23.8 Å². The van der Waals surface area contributed by atoms with Crippen LogP contribution in [-0.4, -0.2) is 28.1 Å². The molecule has 0 spiro atoms. The Labute approximate surface area is 155 Å². The third-order valence-corrected chi connectivity index (χ3v) is 3.93. The van der Waals surface area contributed by atoms with Crippen molar-refractivity contribution in [3.8, 4) is 0 Å². The molecular weight excluding hydrogens is 345 g/mol. The van der Waals surface area contributed by atoms with Crippen molar-refractivity contribution >= 4 is 0 Å². The Bertz CT molecular complexity index is 382. The topological polar surface area (TPSA) is 52.5 Å². The van der Waals surface area contributed by atoms with E-state index in [2.05, 4.69) is 23.5 Å². The summed E-state index contributed by atoms with van der Waals surface area (Å²) in [7, 11) is 0. The van der Waals surface area contributed by atoms with Crippen molar-refractivity contribution in [3.05, 3.63) is 23.8 Å². The van der Waals surface area contributed by atoms with Crippen LogP contribution in [0.15, 0.2) is 23.8 Å². The van der Waals surface area contributed by atoms with Crippen LogP contribution in [0.5, 0.6) is 0 Å². The summed E-state index contributed by atoms with van der Waals surface area (Å²) in [6.45, 7) is 5.78. The maximum absolute atomic E-state index is 10.8. The Hall–Kier alpha value is 0.654. The van der Waals surface area contributed by atoms with Gasteiger partial charge in [-0.3, -0.25) is 5.32 Å². The molecule has 120 valence electrons. The fraction of sp³-hybridized carbons (Fsp3) is 0.733. The molecule has 1 saturated carbocycles. The first-order valence-electron chi connectivity index (χ1n) is 6.85. The molecule has 0 aromatic rings. The van der Waals surface area contributed by atoms with Crippen LogP contribution in [0, 0.1) is 11.8 Å². The normalized spacial score (nSPS) is 26.4. The van der Waals surface area contributed by atoms with Crippen molar-refractivity contribution in [1.82, 2.24) is 5.32 Å². The molecule has 0 radical (unpaired) electrons. The van der Waals surface area contributed by atoms with Crippen molar-refractivity contribution in [3.63, 3.8) is 0 Å². The number of rotatable bonds is 3. The third kappa shape index (κ3) is 5.65. The fourth-order valence-electron chi connectivity index (χ4n) is 3.31. The second-order valence-electron chi connectivity index (χ2n) is 6.61. The summed E-state index contributed by atoms with van der Waals surface area (Å²) in [5.41, 5.74) is -0.129. The number of hydrogen-bond donors (Lipinski definition) is 3. The van der Waals surface area contributed by atoms with Crippen molar-refractivity contribution in [2.75, 3.05) is 6.61 Å². The molecule has 0 amide bonds. The van der Waals surface area contributed by atoms with Gasteiger partial charge in [-0.15, -0.1) is 0 Å². The molecule has 2 aliphatic rings. The van der Waals surface area contributed by atoms with E-state index in [1.54, 1.807) is 0 Å². The molecule has 2 rings (SSSR count). The van der Waals surface area contributed by atoms with E-state index in [4.69, 9.17) is 0 Å². The summed E-state index contributed by atoms with van der Waals surface area (Å²) in [6, 6.07) is 0. The molecule has 0 bridgehead atoms. The molecule has 2 aliphatic carbocycles. The standard InChI is InChI=1S/C15H25NO2.2ClH.Ti/c1-14(2,3)16-15(18,10-17)13-9-8-11-6-4-5-7-12(11)13;;;/h4-5,7,11,13,16-18H,6,8-10H2,1-3H3;2*1H;/q;;;+2/p-2. The molecule has 0 aromatic carbocycles. The minimum absolute atomic E-state index is 0. The Morgan fingerprint density at radius 3 is 2.38 bits per heavy atom. The Morgan fingerprint density at radius 2 is 1.86 bits per heavy atom. The first-order chi connectivity index (χ1) is 8.36. The average molecular weight is 370 g/mol. The van der Waals surface area contributed by atoms with Gasteiger partial charge in [-0.25, -0.2) is 0 Å². The molecule has 3 unspecified atom stereocenters. The molecule has 0 aliphatic heterocycles. The van der Waals surface area contributed by atoms with E-state index < -0.39 is 5.72 Å². The molecule has 3 nitrogen and oxygen atoms in total. The fourth-order valence-corrected chi connectivity index (χ4v) is 3.31. The second-order valence-corrected chi connectivity index (χ2v) is 6.61. The predicted molar refractivity (Wildman–Crippen MR) is 73.0 cm³/mol. The average Bonchev–Trinajstić information content (AvgIpc) is 2.71. The first-order valence-corrected chi connectivity index (χ1v) is 6.85. The zero-order valence-corrected chi connectivity index (χ0v) is 15.9. The van der Waals surface area contributed by atoms with Crippen LogP contribution in [0.1, 0.15) is 40.0 Å². The van der Waals surface area contributed by atoms with E-state index in [0.717, 1.165) is 19.3 Å². The number of halogens is 2. The van der Waals surface area contributed by atoms with Crippen LogP contribution >= 0.6 is 0 Å². The summed E-state index contributed by atoms with van der Waals surface area (Å²) >= 11 is 0. The van der Waals surface area contributed by atoms with Crippen LogP contribution in [0.2, 0.25) is 0 Å². The van der Waals surface area contributed by atoms with Gasteiger partial charge in [0, 0.05) is 11.5 Å². The van der Waals surface area contributed by atoms with Crippen LogP contribution in [-0.2, 0) is 21.7 Å². The summed E-state index contributed by atoms with van der Waals surface area (Å²) in [6.07, 6.45) is 9.49. The number of aliphatic hydroxyl groups is 2. The van der Waals surface area contributed by atoms with Crippen molar-refractivity contribution < 1.29 is 56.7 Å². The summed E-state index contributed by atoms with van der Waals surface area (Å²) < 4.78 is 0. The van der Waals surface area contributed by atoms with Gasteiger partial charge >= 0.3 is 21.7 Å². The number of aliphatic hydroxyl groups excluding tert-OH is 1. The van der Waals surface area contributed by atoms with E-state index >= 15 is 0 Å². The third-order valence-electron chi connectivity index (χ3n) is 3.93. The number of allylic oxidation sites excluding steroid dienone is 3. The Balaban J connectivity index is 0. The first kappa shape index (κ1) is 23.9. The smallest absolute Gasteiger partial charge is 1.00 e. The monoisotopic (exact) mass is 369 g/mol. The van der Waals surface area contributed by atoms with E-state index in [-0.39, 0.29) is 64.6 Å². The summed E-state index contributed by atoms with van der Waals surface area (Å²) in [4.78, 5) is 0. The van der Waals surface area contributed by atoms with Crippen LogP contribution in [0.3, 0.4) is 0 Å². The predicted octanol–water partition coefficient (Wildman–Crippen LogP) is -4.03. The molecular formula is C15H25Cl2NO2Ti. The molecule has 0 saturated heterocycles. The quantitative estimate of drug-likeness (QED) is 0.351. The van der Waals surface area contributed by atoms with Gasteiger partial charge in [0.2, 0.25) is 0 Å². The van der Waals surface area contributed by atoms with Gasteiger partial charge in [0.1, 0.15) is 5.72 Å². The van der Waals surface area contributed by atoms with Crippen LogP contribution in [0.25, 0.3) is 0 Å².